The van der Waals surface area contributed by atoms with Crippen molar-refractivity contribution in [3.8, 4) is 11.5 Å². The van der Waals surface area contributed by atoms with E-state index in [4.69, 9.17) is 0 Å². The van der Waals surface area contributed by atoms with E-state index in [0.717, 1.165) is 28.4 Å². The minimum absolute atomic E-state index is 0.111. The average molecular weight is 414 g/mol. The number of hydrogen-bond acceptors (Lipinski definition) is 4. The third-order valence-corrected chi connectivity index (χ3v) is 5.37. The molecular weight excluding hydrogens is 392 g/mol. The second kappa shape index (κ2) is 8.36. The molecule has 2 amide bonds. The van der Waals surface area contributed by atoms with Gasteiger partial charge in [-0.15, -0.1) is 0 Å². The molecule has 0 saturated heterocycles. The lowest BCUT2D eigenvalue weighted by molar-refractivity contribution is -0.114. The van der Waals surface area contributed by atoms with Gasteiger partial charge in [0, 0.05) is 30.4 Å². The lowest BCUT2D eigenvalue weighted by Gasteiger charge is -2.24. The van der Waals surface area contributed by atoms with Gasteiger partial charge in [0.2, 0.25) is 0 Å². The van der Waals surface area contributed by atoms with Crippen LogP contribution < -0.4 is 4.90 Å². The van der Waals surface area contributed by atoms with Crippen molar-refractivity contribution in [3.05, 3.63) is 102 Å². The number of carbonyl (C=O) groups excluding carboxylic acids is 2. The zero-order valence-corrected chi connectivity index (χ0v) is 16.9. The van der Waals surface area contributed by atoms with Crippen LogP contribution in [0.2, 0.25) is 0 Å². The van der Waals surface area contributed by atoms with Crippen LogP contribution in [-0.4, -0.2) is 26.9 Å². The Labute approximate surface area is 180 Å². The van der Waals surface area contributed by atoms with E-state index in [-0.39, 0.29) is 28.9 Å². The Bertz CT molecular complexity index is 1160. The summed E-state index contributed by atoms with van der Waals surface area (Å²) < 4.78 is 0. The zero-order valence-electron chi connectivity index (χ0n) is 16.9. The van der Waals surface area contributed by atoms with Gasteiger partial charge < -0.3 is 20.0 Å². The number of fused-ring (bicyclic) bond motifs is 1. The van der Waals surface area contributed by atoms with Gasteiger partial charge >= 0.3 is 0 Å². The number of carbonyl (C=O) groups is 2. The van der Waals surface area contributed by atoms with Crippen LogP contribution >= 0.6 is 0 Å². The zero-order chi connectivity index (χ0) is 22.0. The van der Waals surface area contributed by atoms with Crippen molar-refractivity contribution in [1.29, 1.82) is 0 Å². The first kappa shape index (κ1) is 20.2. The lowest BCUT2D eigenvalue weighted by Crippen LogP contribution is -2.30. The van der Waals surface area contributed by atoms with Gasteiger partial charge in [-0.05, 0) is 35.4 Å². The minimum atomic E-state index is -0.343. The van der Waals surface area contributed by atoms with E-state index >= 15 is 0 Å². The maximum Gasteiger partial charge on any atom is 0.258 e. The van der Waals surface area contributed by atoms with Crippen LogP contribution in [0.5, 0.6) is 11.5 Å². The van der Waals surface area contributed by atoms with E-state index in [0.29, 0.717) is 19.6 Å². The first-order valence-electron chi connectivity index (χ1n) is 9.88. The highest BCUT2D eigenvalue weighted by Gasteiger charge is 2.30. The summed E-state index contributed by atoms with van der Waals surface area (Å²) in [6.07, 6.45) is 1.29. The highest BCUT2D eigenvalue weighted by molar-refractivity contribution is 6.02. The van der Waals surface area contributed by atoms with Crippen LogP contribution in [0.1, 0.15) is 27.0 Å². The summed E-state index contributed by atoms with van der Waals surface area (Å²) in [4.78, 5) is 29.0. The normalized spacial score (nSPS) is 12.3. The molecule has 3 aromatic rings. The van der Waals surface area contributed by atoms with E-state index in [1.165, 1.54) is 18.2 Å². The molecule has 3 aromatic carbocycles. The summed E-state index contributed by atoms with van der Waals surface area (Å²) in [6, 6.07) is 19.3. The molecule has 1 heterocycles. The number of nitrogens with zero attached hydrogens (tertiary/aromatic N) is 2. The quantitative estimate of drug-likeness (QED) is 0.619. The topological polar surface area (TPSA) is 81.1 Å². The van der Waals surface area contributed by atoms with Gasteiger partial charge in [-0.1, -0.05) is 49.0 Å². The van der Waals surface area contributed by atoms with Crippen molar-refractivity contribution in [2.75, 3.05) is 4.90 Å². The minimum Gasteiger partial charge on any atom is -0.508 e. The molecule has 6 heteroatoms. The van der Waals surface area contributed by atoms with Gasteiger partial charge in [-0.25, -0.2) is 0 Å². The Morgan fingerprint density at radius 2 is 1.77 bits per heavy atom. The number of phenolic OH excluding ortho intramolecular Hbond substituents is 2. The largest absolute Gasteiger partial charge is 0.508 e. The fourth-order valence-corrected chi connectivity index (χ4v) is 3.83. The second-order valence-corrected chi connectivity index (χ2v) is 7.39. The molecule has 0 aromatic heterocycles. The number of rotatable bonds is 5. The Morgan fingerprint density at radius 3 is 2.48 bits per heavy atom. The van der Waals surface area contributed by atoms with E-state index < -0.39 is 0 Å². The van der Waals surface area contributed by atoms with Crippen molar-refractivity contribution in [2.45, 2.75) is 19.6 Å². The van der Waals surface area contributed by atoms with Crippen LogP contribution in [0.4, 0.5) is 5.69 Å². The molecule has 31 heavy (non-hydrogen) atoms. The third-order valence-electron chi connectivity index (χ3n) is 5.37. The predicted octanol–water partition coefficient (Wildman–Crippen LogP) is 3.97. The highest BCUT2D eigenvalue weighted by atomic mass is 16.3. The molecule has 156 valence electrons. The number of anilines is 1. The SMILES string of the molecule is C=CC(=O)N(Cc1ccccc1)c1cccc2c1CN(C(=O)c1ccc(O)cc1O)C2. The first-order valence-corrected chi connectivity index (χ1v) is 9.88. The van der Waals surface area contributed by atoms with Crippen LogP contribution in [0, 0.1) is 0 Å². The number of amides is 2. The molecular formula is C25H22N2O4. The monoisotopic (exact) mass is 414 g/mol. The molecule has 0 radical (unpaired) electrons. The molecule has 4 rings (SSSR count). The van der Waals surface area contributed by atoms with Gasteiger partial charge in [0.25, 0.3) is 11.8 Å². The fraction of sp³-hybridized carbons (Fsp3) is 0.120. The number of benzene rings is 3. The van der Waals surface area contributed by atoms with E-state index in [1.54, 1.807) is 9.80 Å². The van der Waals surface area contributed by atoms with Gasteiger partial charge in [0.15, 0.2) is 0 Å². The molecule has 0 unspecified atom stereocenters. The maximum absolute atomic E-state index is 13.0. The van der Waals surface area contributed by atoms with Crippen molar-refractivity contribution in [1.82, 2.24) is 4.90 Å². The smallest absolute Gasteiger partial charge is 0.258 e. The Kier molecular flexibility index (Phi) is 5.45. The number of phenols is 2. The summed E-state index contributed by atoms with van der Waals surface area (Å²) in [5, 5.41) is 19.6. The Balaban J connectivity index is 1.65. The van der Waals surface area contributed by atoms with Crippen LogP contribution in [-0.2, 0) is 24.4 Å². The van der Waals surface area contributed by atoms with Crippen molar-refractivity contribution < 1.29 is 19.8 Å². The Morgan fingerprint density at radius 1 is 1.00 bits per heavy atom. The summed E-state index contributed by atoms with van der Waals surface area (Å²) in [6.45, 7) is 4.69. The predicted molar refractivity (Wildman–Crippen MR) is 118 cm³/mol. The summed E-state index contributed by atoms with van der Waals surface area (Å²) in [5.41, 5.74) is 3.67. The summed E-state index contributed by atoms with van der Waals surface area (Å²) in [7, 11) is 0. The Hall–Kier alpha value is -4.06. The molecule has 1 aliphatic rings. The first-order chi connectivity index (χ1) is 15.0. The molecule has 0 aliphatic carbocycles. The molecule has 2 N–H and O–H groups in total. The fourth-order valence-electron chi connectivity index (χ4n) is 3.83. The molecule has 0 spiro atoms. The average Bonchev–Trinajstić information content (AvgIpc) is 3.22. The van der Waals surface area contributed by atoms with Gasteiger partial charge in [-0.2, -0.15) is 0 Å². The van der Waals surface area contributed by atoms with E-state index in [2.05, 4.69) is 6.58 Å². The molecule has 0 bridgehead atoms. The van der Waals surface area contributed by atoms with E-state index in [1.807, 2.05) is 48.5 Å². The standard InChI is InChI=1S/C25H22N2O4/c1-2-24(30)27(14-17-7-4-3-5-8-17)22-10-6-9-18-15-26(16-21(18)22)25(31)20-12-11-19(28)13-23(20)29/h2-13,28-29H,1,14-16H2. The summed E-state index contributed by atoms with van der Waals surface area (Å²) >= 11 is 0. The highest BCUT2D eigenvalue weighted by Crippen LogP contribution is 2.35. The van der Waals surface area contributed by atoms with Crippen molar-refractivity contribution in [3.63, 3.8) is 0 Å². The van der Waals surface area contributed by atoms with Crippen LogP contribution in [0.15, 0.2) is 79.4 Å². The molecule has 0 fully saturated rings. The molecule has 1 aliphatic heterocycles. The molecule has 0 atom stereocenters. The van der Waals surface area contributed by atoms with Crippen molar-refractivity contribution >= 4 is 17.5 Å². The van der Waals surface area contributed by atoms with Gasteiger partial charge in [0.05, 0.1) is 12.1 Å². The van der Waals surface area contributed by atoms with Crippen LogP contribution in [0.3, 0.4) is 0 Å². The second-order valence-electron chi connectivity index (χ2n) is 7.39. The van der Waals surface area contributed by atoms with E-state index in [9.17, 15) is 19.8 Å². The van der Waals surface area contributed by atoms with Gasteiger partial charge in [-0.3, -0.25) is 9.59 Å². The maximum atomic E-state index is 13.0. The summed E-state index contributed by atoms with van der Waals surface area (Å²) in [5.74, 6) is -0.947. The lowest BCUT2D eigenvalue weighted by atomic mass is 10.1. The third kappa shape index (κ3) is 4.00. The number of hydrogen-bond donors (Lipinski definition) is 2. The van der Waals surface area contributed by atoms with Crippen LogP contribution in [0.25, 0.3) is 0 Å². The van der Waals surface area contributed by atoms with Gasteiger partial charge in [0.1, 0.15) is 11.5 Å². The van der Waals surface area contributed by atoms with Crippen molar-refractivity contribution in [2.24, 2.45) is 0 Å². The number of aromatic hydroxyl groups is 2. The molecule has 6 nitrogen and oxygen atoms in total. The molecule has 0 saturated carbocycles.